The highest BCUT2D eigenvalue weighted by molar-refractivity contribution is 5.27. The third-order valence-electron chi connectivity index (χ3n) is 5.74. The topological polar surface area (TPSA) is 66.4 Å². The highest BCUT2D eigenvalue weighted by Gasteiger charge is 2.31. The average molecular weight is 412 g/mol. The number of piperazine rings is 1. The molecule has 30 heavy (non-hydrogen) atoms. The van der Waals surface area contributed by atoms with E-state index in [1.54, 1.807) is 6.07 Å². The predicted octanol–water partition coefficient (Wildman–Crippen LogP) is 1.62. The monoisotopic (exact) mass is 412 g/mol. The fraction of sp³-hybridized carbons (Fsp3) is 0.409. The maximum absolute atomic E-state index is 13.4. The van der Waals surface area contributed by atoms with Crippen molar-refractivity contribution < 1.29 is 8.78 Å². The third kappa shape index (κ3) is 4.70. The molecule has 4 rings (SSSR count). The second kappa shape index (κ2) is 9.39. The lowest BCUT2D eigenvalue weighted by atomic mass is 9.95. The van der Waals surface area contributed by atoms with Crippen LogP contribution in [0.4, 0.5) is 8.78 Å². The van der Waals surface area contributed by atoms with Gasteiger partial charge < -0.3 is 10.6 Å². The van der Waals surface area contributed by atoms with Gasteiger partial charge in [0, 0.05) is 45.0 Å². The zero-order valence-corrected chi connectivity index (χ0v) is 16.7. The Morgan fingerprint density at radius 3 is 2.70 bits per heavy atom. The highest BCUT2D eigenvalue weighted by atomic mass is 19.2. The van der Waals surface area contributed by atoms with Crippen LogP contribution in [-0.2, 0) is 6.54 Å². The van der Waals surface area contributed by atoms with Gasteiger partial charge in [-0.2, -0.15) is 5.26 Å². The van der Waals surface area contributed by atoms with Crippen molar-refractivity contribution in [2.24, 2.45) is 5.92 Å². The second-order valence-electron chi connectivity index (χ2n) is 7.72. The summed E-state index contributed by atoms with van der Waals surface area (Å²) in [5.74, 6) is -1.90. The molecule has 3 aliphatic rings. The standard InChI is InChI=1S/C22H26F2N6/c23-18-5-4-16(13-19(18)24)15-29-9-11-30(12-10-29)22-27-8-6-21(28-22)17(14-25)20-3-1-2-7-26-20/h1-6,8,13,17,21-22,26-28H,7,9-12,15H2. The number of dihydropyridines is 1. The SMILES string of the molecule is N#CC(C1=CC=CCN1)C1C=CNC(N2CCN(Cc3ccc(F)c(F)c3)CC2)N1. The Balaban J connectivity index is 1.32. The Morgan fingerprint density at radius 2 is 2.00 bits per heavy atom. The molecular weight excluding hydrogens is 386 g/mol. The van der Waals surface area contributed by atoms with E-state index in [2.05, 4.69) is 31.8 Å². The van der Waals surface area contributed by atoms with E-state index in [4.69, 9.17) is 0 Å². The Kier molecular flexibility index (Phi) is 6.43. The smallest absolute Gasteiger partial charge is 0.159 e. The van der Waals surface area contributed by atoms with E-state index in [0.717, 1.165) is 44.0 Å². The number of nitriles is 1. The van der Waals surface area contributed by atoms with Gasteiger partial charge in [-0.05, 0) is 36.0 Å². The minimum Gasteiger partial charge on any atom is -0.384 e. The first-order valence-electron chi connectivity index (χ1n) is 10.2. The van der Waals surface area contributed by atoms with Crippen LogP contribution in [0.3, 0.4) is 0 Å². The summed E-state index contributed by atoms with van der Waals surface area (Å²) >= 11 is 0. The Labute approximate surface area is 175 Å². The third-order valence-corrected chi connectivity index (χ3v) is 5.74. The van der Waals surface area contributed by atoms with Crippen molar-refractivity contribution >= 4 is 0 Å². The van der Waals surface area contributed by atoms with Gasteiger partial charge in [-0.15, -0.1) is 0 Å². The van der Waals surface area contributed by atoms with Crippen LogP contribution in [0.1, 0.15) is 5.56 Å². The molecule has 0 saturated carbocycles. The number of halogens is 2. The lowest BCUT2D eigenvalue weighted by Gasteiger charge is -2.42. The first kappa shape index (κ1) is 20.5. The Bertz CT molecular complexity index is 882. The number of nitrogens with one attached hydrogen (secondary N) is 3. The molecule has 1 saturated heterocycles. The molecular formula is C22H26F2N6. The van der Waals surface area contributed by atoms with Gasteiger partial charge in [-0.1, -0.05) is 18.2 Å². The fourth-order valence-corrected chi connectivity index (χ4v) is 4.06. The summed E-state index contributed by atoms with van der Waals surface area (Å²) in [6.07, 6.45) is 9.81. The minimum absolute atomic E-state index is 0.0546. The van der Waals surface area contributed by atoms with Crippen LogP contribution in [0.5, 0.6) is 0 Å². The van der Waals surface area contributed by atoms with Crippen LogP contribution < -0.4 is 16.0 Å². The molecule has 1 aromatic carbocycles. The molecule has 0 bridgehead atoms. The zero-order valence-electron chi connectivity index (χ0n) is 16.7. The quantitative estimate of drug-likeness (QED) is 0.683. The van der Waals surface area contributed by atoms with Crippen molar-refractivity contribution in [1.82, 2.24) is 25.8 Å². The molecule has 3 atom stereocenters. The zero-order chi connectivity index (χ0) is 20.9. The molecule has 3 unspecified atom stereocenters. The molecule has 3 heterocycles. The summed E-state index contributed by atoms with van der Waals surface area (Å²) in [7, 11) is 0. The summed E-state index contributed by atoms with van der Waals surface area (Å²) in [5.41, 5.74) is 1.71. The van der Waals surface area contributed by atoms with Gasteiger partial charge >= 0.3 is 0 Å². The second-order valence-corrected chi connectivity index (χ2v) is 7.72. The van der Waals surface area contributed by atoms with Crippen molar-refractivity contribution in [3.63, 3.8) is 0 Å². The van der Waals surface area contributed by atoms with Crippen molar-refractivity contribution in [3.05, 3.63) is 71.6 Å². The van der Waals surface area contributed by atoms with E-state index in [9.17, 15) is 14.0 Å². The molecule has 1 aromatic rings. The van der Waals surface area contributed by atoms with Crippen LogP contribution in [0.15, 0.2) is 54.4 Å². The number of hydrogen-bond donors (Lipinski definition) is 3. The van der Waals surface area contributed by atoms with Crippen molar-refractivity contribution in [1.29, 1.82) is 5.26 Å². The lowest BCUT2D eigenvalue weighted by molar-refractivity contribution is 0.0600. The first-order valence-corrected chi connectivity index (χ1v) is 10.2. The average Bonchev–Trinajstić information content (AvgIpc) is 2.78. The van der Waals surface area contributed by atoms with Crippen LogP contribution >= 0.6 is 0 Å². The van der Waals surface area contributed by atoms with Crippen molar-refractivity contribution in [2.75, 3.05) is 32.7 Å². The summed E-state index contributed by atoms with van der Waals surface area (Å²) in [4.78, 5) is 4.54. The van der Waals surface area contributed by atoms with Crippen LogP contribution in [-0.4, -0.2) is 54.9 Å². The van der Waals surface area contributed by atoms with E-state index in [1.807, 2.05) is 30.5 Å². The number of benzene rings is 1. The summed E-state index contributed by atoms with van der Waals surface area (Å²) in [6.45, 7) is 4.65. The van der Waals surface area contributed by atoms with Gasteiger partial charge in [0.15, 0.2) is 11.6 Å². The molecule has 0 radical (unpaired) electrons. The minimum atomic E-state index is -0.813. The lowest BCUT2D eigenvalue weighted by Crippen LogP contribution is -2.63. The van der Waals surface area contributed by atoms with Gasteiger partial charge in [0.05, 0.1) is 12.1 Å². The van der Waals surface area contributed by atoms with E-state index in [0.29, 0.717) is 6.54 Å². The summed E-state index contributed by atoms with van der Waals surface area (Å²) < 4.78 is 26.6. The molecule has 0 amide bonds. The van der Waals surface area contributed by atoms with Gasteiger partial charge in [0.1, 0.15) is 12.2 Å². The Morgan fingerprint density at radius 1 is 1.17 bits per heavy atom. The maximum atomic E-state index is 13.4. The van der Waals surface area contributed by atoms with Crippen LogP contribution in [0.25, 0.3) is 0 Å². The summed E-state index contributed by atoms with van der Waals surface area (Å²) in [5, 5.41) is 19.9. The largest absolute Gasteiger partial charge is 0.384 e. The molecule has 0 aliphatic carbocycles. The number of hydrogen-bond acceptors (Lipinski definition) is 6. The van der Waals surface area contributed by atoms with E-state index < -0.39 is 11.6 Å². The van der Waals surface area contributed by atoms with Gasteiger partial charge in [0.25, 0.3) is 0 Å². The highest BCUT2D eigenvalue weighted by Crippen LogP contribution is 2.19. The maximum Gasteiger partial charge on any atom is 0.159 e. The van der Waals surface area contributed by atoms with Gasteiger partial charge in [0.2, 0.25) is 0 Å². The molecule has 3 N–H and O–H groups in total. The van der Waals surface area contributed by atoms with Gasteiger partial charge in [-0.3, -0.25) is 15.1 Å². The van der Waals surface area contributed by atoms with Crippen molar-refractivity contribution in [2.45, 2.75) is 18.9 Å². The van der Waals surface area contributed by atoms with Crippen LogP contribution in [0, 0.1) is 28.9 Å². The van der Waals surface area contributed by atoms with E-state index in [1.165, 1.54) is 12.1 Å². The molecule has 8 heteroatoms. The van der Waals surface area contributed by atoms with E-state index in [-0.39, 0.29) is 18.2 Å². The molecule has 0 aromatic heterocycles. The van der Waals surface area contributed by atoms with Crippen LogP contribution in [0.2, 0.25) is 0 Å². The fourth-order valence-electron chi connectivity index (χ4n) is 4.06. The molecule has 158 valence electrons. The number of rotatable bonds is 5. The number of nitrogens with zero attached hydrogens (tertiary/aromatic N) is 3. The van der Waals surface area contributed by atoms with Gasteiger partial charge in [-0.25, -0.2) is 8.78 Å². The van der Waals surface area contributed by atoms with Crippen molar-refractivity contribution in [3.8, 4) is 6.07 Å². The summed E-state index contributed by atoms with van der Waals surface area (Å²) in [6, 6.07) is 6.41. The predicted molar refractivity (Wildman–Crippen MR) is 111 cm³/mol. The molecule has 1 fully saturated rings. The molecule has 0 spiro atoms. The molecule has 6 nitrogen and oxygen atoms in total. The van der Waals surface area contributed by atoms with E-state index >= 15 is 0 Å². The molecule has 3 aliphatic heterocycles. The normalized spacial score (nSPS) is 25.7. The number of allylic oxidation sites excluding steroid dienone is 2. The first-order chi connectivity index (χ1) is 14.6. The Hall–Kier alpha value is -2.73.